The van der Waals surface area contributed by atoms with Crippen molar-refractivity contribution in [3.05, 3.63) is 12.7 Å². The Bertz CT molecular complexity index is 109. The molecule has 0 saturated carbocycles. The quantitative estimate of drug-likeness (QED) is 0.562. The van der Waals surface area contributed by atoms with Gasteiger partial charge in [0.15, 0.2) is 0 Å². The molecule has 0 bridgehead atoms. The molecular weight excluding hydrogens is 114 g/mol. The first-order valence-corrected chi connectivity index (χ1v) is 3.10. The van der Waals surface area contributed by atoms with E-state index in [2.05, 4.69) is 11.9 Å². The number of carbonyl (C=O) groups is 1. The summed E-state index contributed by atoms with van der Waals surface area (Å²) < 4.78 is 0. The summed E-state index contributed by atoms with van der Waals surface area (Å²) in [6.45, 7) is 5.50. The first-order chi connectivity index (χ1) is 4.26. The number of hydrogen-bond donors (Lipinski definition) is 1. The zero-order chi connectivity index (χ0) is 7.28. The van der Waals surface area contributed by atoms with Gasteiger partial charge in [0.1, 0.15) is 0 Å². The van der Waals surface area contributed by atoms with Crippen molar-refractivity contribution in [2.75, 3.05) is 7.05 Å². The van der Waals surface area contributed by atoms with Crippen LogP contribution in [0.3, 0.4) is 0 Å². The summed E-state index contributed by atoms with van der Waals surface area (Å²) in [6.07, 6.45) is 2.49. The van der Waals surface area contributed by atoms with Gasteiger partial charge in [0.05, 0.1) is 5.92 Å². The average molecular weight is 127 g/mol. The Morgan fingerprint density at radius 1 is 1.89 bits per heavy atom. The molecule has 0 aliphatic rings. The molecular formula is C7H13NO. The molecule has 0 aliphatic carbocycles. The molecule has 1 N–H and O–H groups in total. The molecule has 9 heavy (non-hydrogen) atoms. The van der Waals surface area contributed by atoms with Crippen LogP contribution in [0.25, 0.3) is 0 Å². The predicted octanol–water partition coefficient (Wildman–Crippen LogP) is 0.945. The van der Waals surface area contributed by atoms with E-state index in [1.165, 1.54) is 0 Å². The molecule has 0 radical (unpaired) electrons. The van der Waals surface area contributed by atoms with Gasteiger partial charge in [-0.15, -0.1) is 6.58 Å². The Hall–Kier alpha value is -0.790. The Morgan fingerprint density at radius 2 is 2.44 bits per heavy atom. The fourth-order valence-electron chi connectivity index (χ4n) is 0.644. The highest BCUT2D eigenvalue weighted by molar-refractivity contribution is 5.79. The molecule has 0 aliphatic heterocycles. The molecule has 0 spiro atoms. The van der Waals surface area contributed by atoms with E-state index in [1.54, 1.807) is 13.1 Å². The highest BCUT2D eigenvalue weighted by atomic mass is 16.1. The SMILES string of the molecule is C=CC(CC)C(=O)NC. The fourth-order valence-corrected chi connectivity index (χ4v) is 0.644. The molecule has 0 rings (SSSR count). The summed E-state index contributed by atoms with van der Waals surface area (Å²) in [4.78, 5) is 10.8. The molecule has 1 amide bonds. The molecule has 2 heteroatoms. The summed E-state index contributed by atoms with van der Waals surface area (Å²) in [5, 5.41) is 2.56. The molecule has 1 atom stereocenters. The molecule has 0 aromatic carbocycles. The van der Waals surface area contributed by atoms with E-state index in [4.69, 9.17) is 0 Å². The van der Waals surface area contributed by atoms with Gasteiger partial charge in [-0.1, -0.05) is 13.0 Å². The van der Waals surface area contributed by atoms with Gasteiger partial charge in [-0.2, -0.15) is 0 Å². The molecule has 0 aromatic rings. The Balaban J connectivity index is 3.78. The van der Waals surface area contributed by atoms with Crippen LogP contribution in [0.4, 0.5) is 0 Å². The monoisotopic (exact) mass is 127 g/mol. The number of hydrogen-bond acceptors (Lipinski definition) is 1. The Kier molecular flexibility index (Phi) is 3.76. The zero-order valence-corrected chi connectivity index (χ0v) is 5.98. The normalized spacial score (nSPS) is 12.2. The fraction of sp³-hybridized carbons (Fsp3) is 0.571. The second kappa shape index (κ2) is 4.13. The number of carbonyl (C=O) groups excluding carboxylic acids is 1. The lowest BCUT2D eigenvalue weighted by Gasteiger charge is -2.05. The van der Waals surface area contributed by atoms with Crippen LogP contribution in [0, 0.1) is 5.92 Å². The maximum absolute atomic E-state index is 10.8. The summed E-state index contributed by atoms with van der Waals surface area (Å²) in [6, 6.07) is 0. The van der Waals surface area contributed by atoms with Gasteiger partial charge in [-0.3, -0.25) is 4.79 Å². The van der Waals surface area contributed by atoms with Crippen molar-refractivity contribution in [2.24, 2.45) is 5.92 Å². The van der Waals surface area contributed by atoms with Crippen LogP contribution in [0.2, 0.25) is 0 Å². The highest BCUT2D eigenvalue weighted by Gasteiger charge is 2.08. The van der Waals surface area contributed by atoms with Gasteiger partial charge in [0, 0.05) is 7.05 Å². The third-order valence-electron chi connectivity index (χ3n) is 1.31. The third kappa shape index (κ3) is 2.31. The van der Waals surface area contributed by atoms with E-state index >= 15 is 0 Å². The molecule has 1 unspecified atom stereocenters. The van der Waals surface area contributed by atoms with Crippen molar-refractivity contribution in [3.63, 3.8) is 0 Å². The van der Waals surface area contributed by atoms with Gasteiger partial charge in [0.2, 0.25) is 5.91 Å². The first-order valence-electron chi connectivity index (χ1n) is 3.10. The highest BCUT2D eigenvalue weighted by Crippen LogP contribution is 2.01. The lowest BCUT2D eigenvalue weighted by Crippen LogP contribution is -2.25. The van der Waals surface area contributed by atoms with Crippen molar-refractivity contribution in [1.82, 2.24) is 5.32 Å². The van der Waals surface area contributed by atoms with E-state index in [1.807, 2.05) is 6.92 Å². The van der Waals surface area contributed by atoms with E-state index in [0.717, 1.165) is 6.42 Å². The minimum atomic E-state index is -0.0185. The largest absolute Gasteiger partial charge is 0.359 e. The molecule has 52 valence electrons. The van der Waals surface area contributed by atoms with Crippen molar-refractivity contribution >= 4 is 5.91 Å². The molecule has 0 aromatic heterocycles. The zero-order valence-electron chi connectivity index (χ0n) is 5.98. The molecule has 0 fully saturated rings. The van der Waals surface area contributed by atoms with Crippen LogP contribution >= 0.6 is 0 Å². The van der Waals surface area contributed by atoms with Crippen molar-refractivity contribution in [2.45, 2.75) is 13.3 Å². The summed E-state index contributed by atoms with van der Waals surface area (Å²) >= 11 is 0. The van der Waals surface area contributed by atoms with E-state index in [0.29, 0.717) is 0 Å². The van der Waals surface area contributed by atoms with Gasteiger partial charge in [0.25, 0.3) is 0 Å². The molecule has 2 nitrogen and oxygen atoms in total. The maximum Gasteiger partial charge on any atom is 0.226 e. The van der Waals surface area contributed by atoms with E-state index in [9.17, 15) is 4.79 Å². The molecule has 0 heterocycles. The minimum absolute atomic E-state index is 0.0185. The van der Waals surface area contributed by atoms with Crippen LogP contribution in [0.5, 0.6) is 0 Å². The summed E-state index contributed by atoms with van der Waals surface area (Å²) in [5.41, 5.74) is 0. The van der Waals surface area contributed by atoms with Crippen LogP contribution in [-0.4, -0.2) is 13.0 Å². The average Bonchev–Trinajstić information content (AvgIpc) is 1.90. The predicted molar refractivity (Wildman–Crippen MR) is 38.0 cm³/mol. The summed E-state index contributed by atoms with van der Waals surface area (Å²) in [5.74, 6) is 0.0301. The maximum atomic E-state index is 10.8. The van der Waals surface area contributed by atoms with Crippen LogP contribution in [0.1, 0.15) is 13.3 Å². The van der Waals surface area contributed by atoms with E-state index in [-0.39, 0.29) is 11.8 Å². The second-order valence-corrected chi connectivity index (χ2v) is 1.86. The lowest BCUT2D eigenvalue weighted by molar-refractivity contribution is -0.123. The smallest absolute Gasteiger partial charge is 0.226 e. The van der Waals surface area contributed by atoms with Crippen molar-refractivity contribution < 1.29 is 4.79 Å². The topological polar surface area (TPSA) is 29.1 Å². The standard InChI is InChI=1S/C7H13NO/c1-4-6(5-2)7(9)8-3/h4,6H,1,5H2,2-3H3,(H,8,9). The van der Waals surface area contributed by atoms with E-state index < -0.39 is 0 Å². The van der Waals surface area contributed by atoms with Crippen molar-refractivity contribution in [1.29, 1.82) is 0 Å². The minimum Gasteiger partial charge on any atom is -0.359 e. The number of nitrogens with one attached hydrogen (secondary N) is 1. The van der Waals surface area contributed by atoms with Gasteiger partial charge in [-0.25, -0.2) is 0 Å². The van der Waals surface area contributed by atoms with Crippen LogP contribution < -0.4 is 5.32 Å². The first kappa shape index (κ1) is 8.21. The van der Waals surface area contributed by atoms with Gasteiger partial charge >= 0.3 is 0 Å². The number of rotatable bonds is 3. The van der Waals surface area contributed by atoms with Crippen LogP contribution in [-0.2, 0) is 4.79 Å². The second-order valence-electron chi connectivity index (χ2n) is 1.86. The molecule has 0 saturated heterocycles. The van der Waals surface area contributed by atoms with Crippen molar-refractivity contribution in [3.8, 4) is 0 Å². The lowest BCUT2D eigenvalue weighted by atomic mass is 10.1. The third-order valence-corrected chi connectivity index (χ3v) is 1.31. The van der Waals surface area contributed by atoms with Crippen LogP contribution in [0.15, 0.2) is 12.7 Å². The number of amides is 1. The Morgan fingerprint density at radius 3 is 2.56 bits per heavy atom. The summed E-state index contributed by atoms with van der Waals surface area (Å²) in [7, 11) is 1.63. The van der Waals surface area contributed by atoms with Gasteiger partial charge in [-0.05, 0) is 6.42 Å². The van der Waals surface area contributed by atoms with Gasteiger partial charge < -0.3 is 5.32 Å². The Labute approximate surface area is 56.0 Å².